The number of piperidine rings is 1. The minimum Gasteiger partial charge on any atom is -0.341 e. The van der Waals surface area contributed by atoms with Gasteiger partial charge in [0, 0.05) is 26.2 Å². The minimum atomic E-state index is -0.489. The highest BCUT2D eigenvalue weighted by molar-refractivity contribution is 5.87. The van der Waals surface area contributed by atoms with Gasteiger partial charge in [0.25, 0.3) is 0 Å². The first-order valence-corrected chi connectivity index (χ1v) is 10.1. The Morgan fingerprint density at radius 2 is 1.85 bits per heavy atom. The van der Waals surface area contributed by atoms with Gasteiger partial charge < -0.3 is 20.9 Å². The van der Waals surface area contributed by atoms with Crippen LogP contribution >= 0.6 is 0 Å². The highest BCUT2D eigenvalue weighted by Gasteiger charge is 2.39. The van der Waals surface area contributed by atoms with Crippen LogP contribution in [0.1, 0.15) is 38.7 Å². The van der Waals surface area contributed by atoms with Gasteiger partial charge in [0.05, 0.1) is 0 Å². The summed E-state index contributed by atoms with van der Waals surface area (Å²) in [6.45, 7) is 8.15. The van der Waals surface area contributed by atoms with Gasteiger partial charge in [-0.15, -0.1) is 0 Å². The number of hydrogen-bond acceptors (Lipinski definition) is 3. The molecule has 1 unspecified atom stereocenters. The number of urea groups is 1. The van der Waals surface area contributed by atoms with Crippen molar-refractivity contribution in [1.82, 2.24) is 20.9 Å². The SMILES string of the molecule is CC(C)C(NC(=O)NCc1ccccc1)C(=O)N1CCC2(CCNC2)CC1. The zero-order valence-corrected chi connectivity index (χ0v) is 16.5. The molecule has 0 saturated carbocycles. The summed E-state index contributed by atoms with van der Waals surface area (Å²) in [6.07, 6.45) is 3.32. The van der Waals surface area contributed by atoms with E-state index in [-0.39, 0.29) is 17.9 Å². The lowest BCUT2D eigenvalue weighted by Gasteiger charge is -2.40. The molecule has 2 saturated heterocycles. The Balaban J connectivity index is 1.51. The van der Waals surface area contributed by atoms with Crippen LogP contribution in [-0.4, -0.2) is 49.1 Å². The van der Waals surface area contributed by atoms with Gasteiger partial charge in [0.2, 0.25) is 5.91 Å². The Morgan fingerprint density at radius 1 is 1.15 bits per heavy atom. The summed E-state index contributed by atoms with van der Waals surface area (Å²) in [5.41, 5.74) is 1.41. The summed E-state index contributed by atoms with van der Waals surface area (Å²) in [6, 6.07) is 8.98. The summed E-state index contributed by atoms with van der Waals surface area (Å²) >= 11 is 0. The van der Waals surface area contributed by atoms with Crippen LogP contribution in [0.25, 0.3) is 0 Å². The molecule has 2 aliphatic heterocycles. The molecular weight excluding hydrogens is 340 g/mol. The van der Waals surface area contributed by atoms with Crippen molar-refractivity contribution in [3.8, 4) is 0 Å². The van der Waals surface area contributed by atoms with Crippen LogP contribution in [-0.2, 0) is 11.3 Å². The largest absolute Gasteiger partial charge is 0.341 e. The smallest absolute Gasteiger partial charge is 0.315 e. The number of carbonyl (C=O) groups is 2. The molecule has 1 aromatic carbocycles. The minimum absolute atomic E-state index is 0.0423. The van der Waals surface area contributed by atoms with Crippen LogP contribution in [0.15, 0.2) is 30.3 Å². The quantitative estimate of drug-likeness (QED) is 0.741. The molecule has 2 heterocycles. The van der Waals surface area contributed by atoms with Crippen molar-refractivity contribution in [1.29, 1.82) is 0 Å². The normalized spacial score (nSPS) is 19.9. The molecule has 1 spiro atoms. The molecular formula is C21H32N4O2. The summed E-state index contributed by atoms with van der Waals surface area (Å²) in [7, 11) is 0. The van der Waals surface area contributed by atoms with Gasteiger partial charge in [0.15, 0.2) is 0 Å². The van der Waals surface area contributed by atoms with Gasteiger partial charge in [-0.3, -0.25) is 4.79 Å². The van der Waals surface area contributed by atoms with E-state index in [1.54, 1.807) is 0 Å². The third-order valence-corrected chi connectivity index (χ3v) is 5.98. The summed E-state index contributed by atoms with van der Waals surface area (Å²) in [5, 5.41) is 9.20. The summed E-state index contributed by atoms with van der Waals surface area (Å²) in [4.78, 5) is 27.3. The molecule has 3 rings (SSSR count). The van der Waals surface area contributed by atoms with E-state index in [0.717, 1.165) is 44.6 Å². The number of carbonyl (C=O) groups excluding carboxylic acids is 2. The Hall–Kier alpha value is -2.08. The van der Waals surface area contributed by atoms with E-state index in [1.165, 1.54) is 6.42 Å². The van der Waals surface area contributed by atoms with Crippen LogP contribution in [0.5, 0.6) is 0 Å². The van der Waals surface area contributed by atoms with Crippen molar-refractivity contribution >= 4 is 11.9 Å². The molecule has 148 valence electrons. The maximum atomic E-state index is 13.0. The number of likely N-dealkylation sites (tertiary alicyclic amines) is 1. The van der Waals surface area contributed by atoms with E-state index in [1.807, 2.05) is 49.1 Å². The van der Waals surface area contributed by atoms with Crippen LogP contribution in [0, 0.1) is 11.3 Å². The number of hydrogen-bond donors (Lipinski definition) is 3. The third kappa shape index (κ3) is 5.01. The Morgan fingerprint density at radius 3 is 2.44 bits per heavy atom. The highest BCUT2D eigenvalue weighted by atomic mass is 16.2. The standard InChI is InChI=1S/C21H32N4O2/c1-16(2)18(24-20(27)23-14-17-6-4-3-5-7-17)19(26)25-12-9-21(10-13-25)8-11-22-15-21/h3-7,16,18,22H,8-15H2,1-2H3,(H2,23,24,27). The topological polar surface area (TPSA) is 73.5 Å². The number of rotatable bonds is 5. The second-order valence-corrected chi connectivity index (χ2v) is 8.29. The van der Waals surface area contributed by atoms with Gasteiger partial charge in [-0.25, -0.2) is 4.79 Å². The summed E-state index contributed by atoms with van der Waals surface area (Å²) < 4.78 is 0. The molecule has 0 radical (unpaired) electrons. The van der Waals surface area contributed by atoms with Crippen molar-refractivity contribution in [2.24, 2.45) is 11.3 Å². The monoisotopic (exact) mass is 372 g/mol. The predicted octanol–water partition coefficient (Wildman–Crippen LogP) is 2.11. The maximum Gasteiger partial charge on any atom is 0.315 e. The fraction of sp³-hybridized carbons (Fsp3) is 0.619. The highest BCUT2D eigenvalue weighted by Crippen LogP contribution is 2.37. The molecule has 27 heavy (non-hydrogen) atoms. The molecule has 6 heteroatoms. The molecule has 3 amide bonds. The van der Waals surface area contributed by atoms with Crippen LogP contribution in [0.4, 0.5) is 4.79 Å². The van der Waals surface area contributed by atoms with Crippen LogP contribution in [0.2, 0.25) is 0 Å². The Bertz CT molecular complexity index is 631. The van der Waals surface area contributed by atoms with E-state index in [2.05, 4.69) is 16.0 Å². The van der Waals surface area contributed by atoms with E-state index in [0.29, 0.717) is 12.0 Å². The van der Waals surface area contributed by atoms with E-state index in [9.17, 15) is 9.59 Å². The van der Waals surface area contributed by atoms with Crippen molar-refractivity contribution < 1.29 is 9.59 Å². The van der Waals surface area contributed by atoms with Crippen molar-refractivity contribution in [2.75, 3.05) is 26.2 Å². The van der Waals surface area contributed by atoms with Gasteiger partial charge in [0.1, 0.15) is 6.04 Å². The van der Waals surface area contributed by atoms with Gasteiger partial charge in [-0.05, 0) is 42.7 Å². The van der Waals surface area contributed by atoms with Crippen molar-refractivity contribution in [3.05, 3.63) is 35.9 Å². The molecule has 2 aliphatic rings. The lowest BCUT2D eigenvalue weighted by atomic mass is 9.77. The first kappa shape index (κ1) is 19.7. The lowest BCUT2D eigenvalue weighted by Crippen LogP contribution is -2.55. The molecule has 2 fully saturated rings. The first-order valence-electron chi connectivity index (χ1n) is 10.1. The lowest BCUT2D eigenvalue weighted by molar-refractivity contribution is -0.136. The van der Waals surface area contributed by atoms with E-state index >= 15 is 0 Å². The zero-order valence-electron chi connectivity index (χ0n) is 16.5. The second kappa shape index (κ2) is 8.74. The van der Waals surface area contributed by atoms with Crippen molar-refractivity contribution in [2.45, 2.75) is 45.7 Å². The fourth-order valence-corrected chi connectivity index (χ4v) is 4.10. The predicted molar refractivity (Wildman–Crippen MR) is 106 cm³/mol. The fourth-order valence-electron chi connectivity index (χ4n) is 4.10. The average Bonchev–Trinajstić information content (AvgIpc) is 3.13. The molecule has 0 aliphatic carbocycles. The number of nitrogens with zero attached hydrogens (tertiary/aromatic N) is 1. The molecule has 0 bridgehead atoms. The van der Waals surface area contributed by atoms with Gasteiger partial charge >= 0.3 is 6.03 Å². The van der Waals surface area contributed by atoms with E-state index in [4.69, 9.17) is 0 Å². The Labute approximate surface area is 162 Å². The molecule has 1 atom stereocenters. The third-order valence-electron chi connectivity index (χ3n) is 5.98. The van der Waals surface area contributed by atoms with Crippen molar-refractivity contribution in [3.63, 3.8) is 0 Å². The zero-order chi connectivity index (χ0) is 19.3. The number of nitrogens with one attached hydrogen (secondary N) is 3. The molecule has 6 nitrogen and oxygen atoms in total. The van der Waals surface area contributed by atoms with Crippen LogP contribution < -0.4 is 16.0 Å². The molecule has 3 N–H and O–H groups in total. The molecule has 1 aromatic rings. The second-order valence-electron chi connectivity index (χ2n) is 8.29. The average molecular weight is 373 g/mol. The number of benzene rings is 1. The van der Waals surface area contributed by atoms with Crippen LogP contribution in [0.3, 0.4) is 0 Å². The molecule has 0 aromatic heterocycles. The Kier molecular flexibility index (Phi) is 6.37. The van der Waals surface area contributed by atoms with E-state index < -0.39 is 6.04 Å². The number of amides is 3. The maximum absolute atomic E-state index is 13.0. The summed E-state index contributed by atoms with van der Waals surface area (Å²) in [5.74, 6) is 0.0877. The van der Waals surface area contributed by atoms with Gasteiger partial charge in [-0.1, -0.05) is 44.2 Å². The first-order chi connectivity index (χ1) is 13.0. The van der Waals surface area contributed by atoms with Gasteiger partial charge in [-0.2, -0.15) is 0 Å².